The summed E-state index contributed by atoms with van der Waals surface area (Å²) in [5, 5.41) is 0.642. The second kappa shape index (κ2) is 8.37. The Morgan fingerprint density at radius 1 is 0.966 bits per heavy atom. The fourth-order valence-corrected chi connectivity index (χ4v) is 4.11. The van der Waals surface area contributed by atoms with E-state index in [0.29, 0.717) is 10.1 Å². The van der Waals surface area contributed by atoms with Gasteiger partial charge in [-0.25, -0.2) is 4.99 Å². The van der Waals surface area contributed by atoms with E-state index in [-0.39, 0.29) is 5.91 Å². The summed E-state index contributed by atoms with van der Waals surface area (Å²) in [4.78, 5) is 20.3. The summed E-state index contributed by atoms with van der Waals surface area (Å²) in [6.07, 6.45) is 1.91. The monoisotopic (exact) mass is 400 g/mol. The summed E-state index contributed by atoms with van der Waals surface area (Å²) in [5.41, 5.74) is 3.59. The first-order chi connectivity index (χ1) is 14.2. The van der Waals surface area contributed by atoms with Gasteiger partial charge in [0.2, 0.25) is 0 Å². The average Bonchev–Trinajstić information content (AvgIpc) is 3.04. The van der Waals surface area contributed by atoms with Crippen LogP contribution in [0, 0.1) is 6.92 Å². The molecule has 0 saturated carbocycles. The number of hydrogen-bond donors (Lipinski definition) is 0. The van der Waals surface area contributed by atoms with Gasteiger partial charge in [-0.05, 0) is 72.3 Å². The Balaban J connectivity index is 1.75. The number of carbonyl (C=O) groups is 1. The largest absolute Gasteiger partial charge is 0.496 e. The quantitative estimate of drug-likeness (QED) is 0.519. The highest BCUT2D eigenvalue weighted by molar-refractivity contribution is 8.19. The van der Waals surface area contributed by atoms with E-state index >= 15 is 0 Å². The summed E-state index contributed by atoms with van der Waals surface area (Å²) >= 11 is 1.38. The zero-order valence-electron chi connectivity index (χ0n) is 16.2. The lowest BCUT2D eigenvalue weighted by molar-refractivity contribution is -0.113. The van der Waals surface area contributed by atoms with E-state index in [1.165, 1.54) is 11.8 Å². The van der Waals surface area contributed by atoms with E-state index in [2.05, 4.69) is 0 Å². The predicted octanol–water partition coefficient (Wildman–Crippen LogP) is 5.81. The second-order valence-electron chi connectivity index (χ2n) is 6.55. The Morgan fingerprint density at radius 2 is 1.66 bits per heavy atom. The van der Waals surface area contributed by atoms with Crippen molar-refractivity contribution in [3.63, 3.8) is 0 Å². The smallest absolute Gasteiger partial charge is 0.271 e. The van der Waals surface area contributed by atoms with Crippen molar-refractivity contribution in [1.82, 2.24) is 0 Å². The van der Waals surface area contributed by atoms with E-state index in [1.54, 1.807) is 12.0 Å². The number of benzene rings is 3. The number of ether oxygens (including phenoxy) is 1. The van der Waals surface area contributed by atoms with Gasteiger partial charge in [0.15, 0.2) is 5.17 Å². The lowest BCUT2D eigenvalue weighted by Gasteiger charge is -2.15. The SMILES string of the molecule is COc1ccc(C=C2SC(=Nc3ccccc3)N(c3ccccc3)C2=O)cc1C. The molecule has 0 spiro atoms. The van der Waals surface area contributed by atoms with Gasteiger partial charge in [0.05, 0.1) is 23.4 Å². The van der Waals surface area contributed by atoms with Crippen LogP contribution in [0.5, 0.6) is 5.75 Å². The second-order valence-corrected chi connectivity index (χ2v) is 7.55. The molecule has 0 atom stereocenters. The molecular weight excluding hydrogens is 380 g/mol. The highest BCUT2D eigenvalue weighted by Gasteiger charge is 2.34. The van der Waals surface area contributed by atoms with Crippen molar-refractivity contribution in [1.29, 1.82) is 0 Å². The van der Waals surface area contributed by atoms with Crippen LogP contribution in [0.3, 0.4) is 0 Å². The summed E-state index contributed by atoms with van der Waals surface area (Å²) in [5.74, 6) is 0.749. The number of amides is 1. The Morgan fingerprint density at radius 3 is 2.31 bits per heavy atom. The number of thioether (sulfide) groups is 1. The molecule has 4 rings (SSSR count). The Labute approximate surface area is 174 Å². The number of aliphatic imine (C=N–C) groups is 1. The Hall–Kier alpha value is -3.31. The lowest BCUT2D eigenvalue weighted by Crippen LogP contribution is -2.28. The Bertz CT molecular complexity index is 1090. The molecule has 0 radical (unpaired) electrons. The minimum atomic E-state index is -0.0793. The molecule has 29 heavy (non-hydrogen) atoms. The summed E-state index contributed by atoms with van der Waals surface area (Å²) in [6, 6.07) is 25.2. The maximum absolute atomic E-state index is 13.3. The van der Waals surface area contributed by atoms with Gasteiger partial charge in [0.1, 0.15) is 5.75 Å². The Kier molecular flexibility index (Phi) is 5.49. The van der Waals surface area contributed by atoms with E-state index < -0.39 is 0 Å². The normalized spacial score (nSPS) is 16.6. The number of para-hydroxylation sites is 2. The average molecular weight is 401 g/mol. The summed E-state index contributed by atoms with van der Waals surface area (Å²) in [7, 11) is 1.65. The fraction of sp³-hybridized carbons (Fsp3) is 0.0833. The topological polar surface area (TPSA) is 41.9 Å². The molecular formula is C24H20N2O2S. The van der Waals surface area contributed by atoms with Crippen LogP contribution in [0.25, 0.3) is 6.08 Å². The maximum atomic E-state index is 13.3. The van der Waals surface area contributed by atoms with Gasteiger partial charge >= 0.3 is 0 Å². The van der Waals surface area contributed by atoms with E-state index in [9.17, 15) is 4.79 Å². The van der Waals surface area contributed by atoms with Gasteiger partial charge in [0, 0.05) is 0 Å². The number of amidine groups is 1. The van der Waals surface area contributed by atoms with Gasteiger partial charge in [-0.15, -0.1) is 0 Å². The third-order valence-corrected chi connectivity index (χ3v) is 5.49. The molecule has 0 unspecified atom stereocenters. The first kappa shape index (κ1) is 19.0. The molecule has 0 bridgehead atoms. The molecule has 5 heteroatoms. The number of hydrogen-bond acceptors (Lipinski definition) is 4. The highest BCUT2D eigenvalue weighted by Crippen LogP contribution is 2.37. The minimum absolute atomic E-state index is 0.0793. The molecule has 144 valence electrons. The summed E-state index contributed by atoms with van der Waals surface area (Å²) < 4.78 is 5.33. The van der Waals surface area contributed by atoms with Gasteiger partial charge in [-0.1, -0.05) is 42.5 Å². The van der Waals surface area contributed by atoms with E-state index in [4.69, 9.17) is 9.73 Å². The molecule has 0 N–H and O–H groups in total. The van der Waals surface area contributed by atoms with Gasteiger partial charge in [-0.2, -0.15) is 0 Å². The molecule has 1 fully saturated rings. The lowest BCUT2D eigenvalue weighted by atomic mass is 10.1. The molecule has 0 aromatic heterocycles. The van der Waals surface area contributed by atoms with Crippen molar-refractivity contribution in [2.75, 3.05) is 12.0 Å². The van der Waals surface area contributed by atoms with Crippen molar-refractivity contribution in [2.24, 2.45) is 4.99 Å². The van der Waals surface area contributed by atoms with Crippen molar-refractivity contribution >= 4 is 40.3 Å². The van der Waals surface area contributed by atoms with Crippen LogP contribution in [0.2, 0.25) is 0 Å². The first-order valence-electron chi connectivity index (χ1n) is 9.23. The minimum Gasteiger partial charge on any atom is -0.496 e. The molecule has 1 heterocycles. The first-order valence-corrected chi connectivity index (χ1v) is 10.0. The van der Waals surface area contributed by atoms with Crippen LogP contribution >= 0.6 is 11.8 Å². The van der Waals surface area contributed by atoms with Gasteiger partial charge in [-0.3, -0.25) is 9.69 Å². The maximum Gasteiger partial charge on any atom is 0.271 e. The van der Waals surface area contributed by atoms with E-state index in [0.717, 1.165) is 28.3 Å². The van der Waals surface area contributed by atoms with Crippen molar-refractivity contribution < 1.29 is 9.53 Å². The van der Waals surface area contributed by atoms with Crippen LogP contribution in [0.4, 0.5) is 11.4 Å². The zero-order valence-corrected chi connectivity index (χ0v) is 17.0. The van der Waals surface area contributed by atoms with Crippen LogP contribution in [-0.4, -0.2) is 18.2 Å². The predicted molar refractivity (Wildman–Crippen MR) is 121 cm³/mol. The molecule has 3 aromatic carbocycles. The van der Waals surface area contributed by atoms with Gasteiger partial charge in [0.25, 0.3) is 5.91 Å². The number of rotatable bonds is 4. The zero-order chi connectivity index (χ0) is 20.2. The van der Waals surface area contributed by atoms with Gasteiger partial charge < -0.3 is 4.74 Å². The fourth-order valence-electron chi connectivity index (χ4n) is 3.11. The third kappa shape index (κ3) is 4.10. The molecule has 1 aliphatic rings. The number of nitrogens with zero attached hydrogens (tertiary/aromatic N) is 2. The van der Waals surface area contributed by atoms with Crippen LogP contribution in [0.15, 0.2) is 88.8 Å². The number of aryl methyl sites for hydroxylation is 1. The number of carbonyl (C=O) groups excluding carboxylic acids is 1. The molecule has 0 aliphatic carbocycles. The summed E-state index contributed by atoms with van der Waals surface area (Å²) in [6.45, 7) is 1.99. The molecule has 3 aromatic rings. The molecule has 4 nitrogen and oxygen atoms in total. The third-order valence-electron chi connectivity index (χ3n) is 4.52. The van der Waals surface area contributed by atoms with Crippen molar-refractivity contribution in [3.8, 4) is 5.75 Å². The van der Waals surface area contributed by atoms with E-state index in [1.807, 2.05) is 91.9 Å². The number of anilines is 1. The van der Waals surface area contributed by atoms with Crippen molar-refractivity contribution in [2.45, 2.75) is 6.92 Å². The standard InChI is InChI=1S/C24H20N2O2S/c1-17-15-18(13-14-21(17)28-2)16-22-23(27)26(20-11-7-4-8-12-20)24(29-22)25-19-9-5-3-6-10-19/h3-16H,1-2H3. The van der Waals surface area contributed by atoms with Crippen LogP contribution < -0.4 is 9.64 Å². The molecule has 1 aliphatic heterocycles. The number of methoxy groups -OCH3 is 1. The molecule has 1 saturated heterocycles. The van der Waals surface area contributed by atoms with Crippen molar-refractivity contribution in [3.05, 3.63) is 94.9 Å². The van der Waals surface area contributed by atoms with Crippen LogP contribution in [0.1, 0.15) is 11.1 Å². The van der Waals surface area contributed by atoms with Crippen LogP contribution in [-0.2, 0) is 4.79 Å². The highest BCUT2D eigenvalue weighted by atomic mass is 32.2. The molecule has 1 amide bonds.